The Morgan fingerprint density at radius 2 is 2.29 bits per heavy atom. The fraction of sp³-hybridized carbons (Fsp3) is 0.462. The molecule has 2 rings (SSSR count). The second-order valence-corrected chi connectivity index (χ2v) is 4.42. The van der Waals surface area contributed by atoms with Crippen LogP contribution < -0.4 is 5.73 Å². The van der Waals surface area contributed by atoms with Gasteiger partial charge >= 0.3 is 0 Å². The lowest BCUT2D eigenvalue weighted by Gasteiger charge is -2.12. The van der Waals surface area contributed by atoms with Crippen LogP contribution in [0.15, 0.2) is 18.2 Å². The van der Waals surface area contributed by atoms with E-state index >= 15 is 0 Å². The number of hydrogen-bond acceptors (Lipinski definition) is 3. The highest BCUT2D eigenvalue weighted by Crippen LogP contribution is 2.22. The average molecular weight is 234 g/mol. The molecule has 1 aromatic rings. The zero-order valence-electron chi connectivity index (χ0n) is 9.53. The van der Waals surface area contributed by atoms with Crippen LogP contribution in [-0.2, 0) is 11.3 Å². The minimum absolute atomic E-state index is 0.139. The monoisotopic (exact) mass is 234 g/mol. The zero-order valence-corrected chi connectivity index (χ0v) is 9.53. The highest BCUT2D eigenvalue weighted by Gasteiger charge is 2.22. The topological polar surface area (TPSA) is 59.0 Å². The molecule has 0 aromatic heterocycles. The third-order valence-corrected chi connectivity index (χ3v) is 3.09. The predicted molar refractivity (Wildman–Crippen MR) is 61.5 cm³/mol. The molecule has 17 heavy (non-hydrogen) atoms. The van der Waals surface area contributed by atoms with Crippen molar-refractivity contribution in [3.63, 3.8) is 0 Å². The quantitative estimate of drug-likeness (QED) is 0.871. The molecular formula is C13H15FN2O. The van der Waals surface area contributed by atoms with Crippen molar-refractivity contribution >= 4 is 0 Å². The van der Waals surface area contributed by atoms with Crippen LogP contribution in [0.1, 0.15) is 30.4 Å². The molecule has 0 bridgehead atoms. The van der Waals surface area contributed by atoms with Crippen LogP contribution in [0.4, 0.5) is 4.39 Å². The number of rotatable bonds is 3. The molecule has 3 nitrogen and oxygen atoms in total. The first-order valence-corrected chi connectivity index (χ1v) is 5.74. The smallest absolute Gasteiger partial charge is 0.123 e. The summed E-state index contributed by atoms with van der Waals surface area (Å²) in [5.41, 5.74) is 6.85. The maximum absolute atomic E-state index is 13.1. The Morgan fingerprint density at radius 1 is 1.47 bits per heavy atom. The summed E-state index contributed by atoms with van der Waals surface area (Å²) < 4.78 is 18.7. The van der Waals surface area contributed by atoms with E-state index in [-0.39, 0.29) is 24.6 Å². The van der Waals surface area contributed by atoms with Crippen molar-refractivity contribution in [2.45, 2.75) is 38.0 Å². The maximum atomic E-state index is 13.1. The Morgan fingerprint density at radius 3 is 2.94 bits per heavy atom. The summed E-state index contributed by atoms with van der Waals surface area (Å²) in [7, 11) is 0. The molecule has 1 saturated carbocycles. The van der Waals surface area contributed by atoms with Gasteiger partial charge in [0.25, 0.3) is 0 Å². The van der Waals surface area contributed by atoms with E-state index in [0.29, 0.717) is 11.1 Å². The minimum atomic E-state index is -0.342. The summed E-state index contributed by atoms with van der Waals surface area (Å²) in [4.78, 5) is 0. The van der Waals surface area contributed by atoms with Crippen molar-refractivity contribution in [2.24, 2.45) is 5.73 Å². The van der Waals surface area contributed by atoms with Crippen molar-refractivity contribution in [3.05, 3.63) is 35.1 Å². The number of hydrogen-bond donors (Lipinski definition) is 1. The number of nitriles is 1. The molecule has 1 fully saturated rings. The van der Waals surface area contributed by atoms with Crippen molar-refractivity contribution < 1.29 is 9.13 Å². The van der Waals surface area contributed by atoms with Crippen LogP contribution in [0.2, 0.25) is 0 Å². The van der Waals surface area contributed by atoms with E-state index < -0.39 is 0 Å². The predicted octanol–water partition coefficient (Wildman–Crippen LogP) is 2.09. The van der Waals surface area contributed by atoms with Crippen LogP contribution in [0, 0.1) is 17.1 Å². The van der Waals surface area contributed by atoms with Gasteiger partial charge in [-0.05, 0) is 43.0 Å². The first-order chi connectivity index (χ1) is 8.19. The van der Waals surface area contributed by atoms with E-state index in [0.717, 1.165) is 19.3 Å². The molecule has 2 atom stereocenters. The van der Waals surface area contributed by atoms with Crippen molar-refractivity contribution in [1.29, 1.82) is 5.26 Å². The van der Waals surface area contributed by atoms with Gasteiger partial charge in [0.05, 0.1) is 24.3 Å². The molecule has 90 valence electrons. The number of nitrogens with two attached hydrogens (primary N) is 1. The first kappa shape index (κ1) is 12.0. The zero-order chi connectivity index (χ0) is 12.3. The fourth-order valence-corrected chi connectivity index (χ4v) is 2.12. The molecule has 0 amide bonds. The van der Waals surface area contributed by atoms with Crippen LogP contribution in [0.25, 0.3) is 0 Å². The van der Waals surface area contributed by atoms with Gasteiger partial charge in [-0.25, -0.2) is 4.39 Å². The molecule has 1 aromatic carbocycles. The standard InChI is InChI=1S/C13H15FN2O/c14-11-2-1-9(7-15)10(5-11)8-17-13-4-3-12(16)6-13/h1-2,5,12-13H,3-4,6,8,16H2. The second kappa shape index (κ2) is 5.26. The number of benzene rings is 1. The Hall–Kier alpha value is -1.44. The van der Waals surface area contributed by atoms with Crippen molar-refractivity contribution in [3.8, 4) is 6.07 Å². The van der Waals surface area contributed by atoms with Gasteiger partial charge in [0, 0.05) is 6.04 Å². The van der Waals surface area contributed by atoms with Gasteiger partial charge in [0.2, 0.25) is 0 Å². The third-order valence-electron chi connectivity index (χ3n) is 3.09. The molecule has 1 aliphatic rings. The summed E-state index contributed by atoms with van der Waals surface area (Å²) in [5.74, 6) is -0.342. The van der Waals surface area contributed by atoms with Crippen molar-refractivity contribution in [1.82, 2.24) is 0 Å². The summed E-state index contributed by atoms with van der Waals surface area (Å²) in [6.45, 7) is 0.276. The third kappa shape index (κ3) is 3.02. The molecular weight excluding hydrogens is 219 g/mol. The van der Waals surface area contributed by atoms with Crippen LogP contribution >= 0.6 is 0 Å². The Balaban J connectivity index is 1.99. The Labute approximate surface area is 100.0 Å². The van der Waals surface area contributed by atoms with Crippen molar-refractivity contribution in [2.75, 3.05) is 0 Å². The van der Waals surface area contributed by atoms with E-state index in [4.69, 9.17) is 15.7 Å². The van der Waals surface area contributed by atoms with E-state index in [9.17, 15) is 4.39 Å². The van der Waals surface area contributed by atoms with Gasteiger partial charge < -0.3 is 10.5 Å². The molecule has 0 aliphatic heterocycles. The van der Waals surface area contributed by atoms with Gasteiger partial charge in [-0.3, -0.25) is 0 Å². The van der Waals surface area contributed by atoms with Gasteiger partial charge in [0.15, 0.2) is 0 Å². The second-order valence-electron chi connectivity index (χ2n) is 4.42. The molecule has 0 radical (unpaired) electrons. The van der Waals surface area contributed by atoms with Gasteiger partial charge in [-0.15, -0.1) is 0 Å². The highest BCUT2D eigenvalue weighted by molar-refractivity contribution is 5.37. The molecule has 2 N–H and O–H groups in total. The van der Waals surface area contributed by atoms with Gasteiger partial charge in [-0.1, -0.05) is 0 Å². The average Bonchev–Trinajstić information content (AvgIpc) is 2.73. The summed E-state index contributed by atoms with van der Waals surface area (Å²) in [6.07, 6.45) is 2.90. The van der Waals surface area contributed by atoms with Crippen LogP contribution in [0.3, 0.4) is 0 Å². The molecule has 4 heteroatoms. The SMILES string of the molecule is N#Cc1ccc(F)cc1COC1CCC(N)C1. The van der Waals surface area contributed by atoms with E-state index in [1.165, 1.54) is 18.2 Å². The summed E-state index contributed by atoms with van der Waals surface area (Å²) in [5, 5.41) is 8.90. The largest absolute Gasteiger partial charge is 0.373 e. The van der Waals surface area contributed by atoms with E-state index in [1.807, 2.05) is 6.07 Å². The molecule has 0 heterocycles. The lowest BCUT2D eigenvalue weighted by atomic mass is 10.1. The van der Waals surface area contributed by atoms with Crippen LogP contribution in [0.5, 0.6) is 0 Å². The highest BCUT2D eigenvalue weighted by atomic mass is 19.1. The number of nitrogens with zero attached hydrogens (tertiary/aromatic N) is 1. The summed E-state index contributed by atoms with van der Waals surface area (Å²) >= 11 is 0. The number of halogens is 1. The van der Waals surface area contributed by atoms with Crippen LogP contribution in [-0.4, -0.2) is 12.1 Å². The Kier molecular flexibility index (Phi) is 3.72. The minimum Gasteiger partial charge on any atom is -0.373 e. The lowest BCUT2D eigenvalue weighted by Crippen LogP contribution is -2.17. The molecule has 0 spiro atoms. The maximum Gasteiger partial charge on any atom is 0.123 e. The normalized spacial score (nSPS) is 23.6. The van der Waals surface area contributed by atoms with Gasteiger partial charge in [0.1, 0.15) is 5.82 Å². The molecule has 0 saturated heterocycles. The van der Waals surface area contributed by atoms with Gasteiger partial charge in [-0.2, -0.15) is 5.26 Å². The first-order valence-electron chi connectivity index (χ1n) is 5.74. The summed E-state index contributed by atoms with van der Waals surface area (Å²) in [6, 6.07) is 6.37. The molecule has 2 unspecified atom stereocenters. The van der Waals surface area contributed by atoms with E-state index in [2.05, 4.69) is 0 Å². The number of ether oxygens (including phenoxy) is 1. The van der Waals surface area contributed by atoms with E-state index in [1.54, 1.807) is 0 Å². The molecule has 1 aliphatic carbocycles. The fourth-order valence-electron chi connectivity index (χ4n) is 2.12. The lowest BCUT2D eigenvalue weighted by molar-refractivity contribution is 0.0446. The Bertz CT molecular complexity index is 442.